The molecule has 17 heteroatoms. The van der Waals surface area contributed by atoms with Gasteiger partial charge in [-0.2, -0.15) is 0 Å². The van der Waals surface area contributed by atoms with Crippen molar-refractivity contribution in [2.75, 3.05) is 44.4 Å². The number of carbonyl (C=O) groups is 3. The van der Waals surface area contributed by atoms with Gasteiger partial charge in [-0.25, -0.2) is 19.8 Å². The molecule has 0 radical (unpaired) electrons. The van der Waals surface area contributed by atoms with Gasteiger partial charge in [0.15, 0.2) is 5.69 Å². The quantitative estimate of drug-likeness (QED) is 0.0502. The maximum Gasteiger partial charge on any atom is 0.246 e. The third kappa shape index (κ3) is 14.0. The molecule has 3 amide bonds. The minimum absolute atomic E-state index is 0.00842. The highest BCUT2D eigenvalue weighted by Crippen LogP contribution is 2.37. The van der Waals surface area contributed by atoms with Crippen molar-refractivity contribution in [1.29, 1.82) is 0 Å². The van der Waals surface area contributed by atoms with Gasteiger partial charge in [-0.1, -0.05) is 88.7 Å². The molecule has 0 saturated carbocycles. The van der Waals surface area contributed by atoms with Crippen LogP contribution in [-0.4, -0.2) is 106 Å². The van der Waals surface area contributed by atoms with Crippen LogP contribution in [0.25, 0.3) is 15.3 Å². The Morgan fingerprint density at radius 1 is 0.944 bits per heavy atom. The number of thiazole rings is 1. The number of unbranched alkanes of at least 4 members (excludes halogenated alkanes) is 1. The summed E-state index contributed by atoms with van der Waals surface area (Å²) < 4.78 is 18.0. The van der Waals surface area contributed by atoms with Gasteiger partial charge in [-0.3, -0.25) is 14.4 Å². The zero-order chi connectivity index (χ0) is 51.6. The summed E-state index contributed by atoms with van der Waals surface area (Å²) in [6.07, 6.45) is 4.26. The van der Waals surface area contributed by atoms with Gasteiger partial charge in [0.05, 0.1) is 46.6 Å². The fraction of sp³-hybridized carbons (Fsp3) is 0.473. The Morgan fingerprint density at radius 2 is 1.67 bits per heavy atom. The fourth-order valence-electron chi connectivity index (χ4n) is 9.07. The highest BCUT2D eigenvalue weighted by molar-refractivity contribution is 7.13. The van der Waals surface area contributed by atoms with Gasteiger partial charge >= 0.3 is 0 Å². The third-order valence-corrected chi connectivity index (χ3v) is 14.6. The predicted molar refractivity (Wildman–Crippen MR) is 280 cm³/mol. The van der Waals surface area contributed by atoms with E-state index in [1.165, 1.54) is 4.90 Å². The highest BCUT2D eigenvalue weighted by Gasteiger charge is 2.45. The molecule has 3 N–H and O–H groups in total. The summed E-state index contributed by atoms with van der Waals surface area (Å²) in [6.45, 7) is 23.6. The lowest BCUT2D eigenvalue weighted by atomic mass is 9.78. The number of aromatic nitrogens is 3. The number of rotatable bonds is 20. The number of nitrogens with one attached hydrogen (secondary N) is 2. The number of β-amino-alcohol motifs (C(OH)–C–C–N with tert-alkyl or cyclic N) is 1. The van der Waals surface area contributed by atoms with E-state index in [-0.39, 0.29) is 43.0 Å². The monoisotopic (exact) mass is 1020 g/mol. The molecule has 2 aromatic heterocycles. The van der Waals surface area contributed by atoms with Crippen molar-refractivity contribution in [3.05, 3.63) is 129 Å². The average molecular weight is 1020 g/mol. The van der Waals surface area contributed by atoms with Crippen molar-refractivity contribution in [2.24, 2.45) is 5.41 Å². The van der Waals surface area contributed by atoms with Crippen molar-refractivity contribution in [3.63, 3.8) is 0 Å². The first-order valence-corrected chi connectivity index (χ1v) is 25.9. The summed E-state index contributed by atoms with van der Waals surface area (Å²) in [4.78, 5) is 62.8. The van der Waals surface area contributed by atoms with Crippen LogP contribution < -0.4 is 20.3 Å². The largest absolute Gasteiger partial charge is 0.487 e. The van der Waals surface area contributed by atoms with E-state index in [0.717, 1.165) is 76.6 Å². The van der Waals surface area contributed by atoms with Gasteiger partial charge in [0.25, 0.3) is 0 Å². The second-order valence-corrected chi connectivity index (χ2v) is 21.6. The van der Waals surface area contributed by atoms with E-state index < -0.39 is 35.4 Å². The Hall–Kier alpha value is -5.96. The van der Waals surface area contributed by atoms with Crippen molar-refractivity contribution in [2.45, 2.75) is 123 Å². The molecule has 4 heterocycles. The van der Waals surface area contributed by atoms with E-state index in [0.29, 0.717) is 42.9 Å². The summed E-state index contributed by atoms with van der Waals surface area (Å²) in [7, 11) is 0. The summed E-state index contributed by atoms with van der Waals surface area (Å²) in [6, 6.07) is 21.1. The predicted octanol–water partition coefficient (Wildman–Crippen LogP) is 9.17. The second-order valence-electron chi connectivity index (χ2n) is 20.3. The summed E-state index contributed by atoms with van der Waals surface area (Å²) in [5.41, 5.74) is 7.03. The molecule has 72 heavy (non-hydrogen) atoms. The first-order valence-electron chi connectivity index (χ1n) is 24.7. The number of aliphatic hydroxyl groups excluding tert-OH is 1. The number of benzene rings is 3. The topological polar surface area (TPSA) is 173 Å². The van der Waals surface area contributed by atoms with Crippen LogP contribution in [0.3, 0.4) is 0 Å². The lowest BCUT2D eigenvalue weighted by molar-refractivity contribution is -0.144. The Balaban J connectivity index is 0.786. The molecule has 0 spiro atoms. The number of halogens is 1. The van der Waals surface area contributed by atoms with Crippen LogP contribution in [0.5, 0.6) is 5.75 Å². The van der Waals surface area contributed by atoms with Gasteiger partial charge in [-0.15, -0.1) is 11.3 Å². The number of aryl methyl sites for hydroxylation is 1. The fourth-order valence-corrected chi connectivity index (χ4v) is 10.1. The van der Waals surface area contributed by atoms with Gasteiger partial charge in [-0.05, 0) is 97.5 Å². The van der Waals surface area contributed by atoms with E-state index in [9.17, 15) is 19.5 Å². The van der Waals surface area contributed by atoms with Crippen LogP contribution >= 0.6 is 22.9 Å². The number of carbonyl (C=O) groups excluding carboxylic acids is 3. The van der Waals surface area contributed by atoms with E-state index in [1.54, 1.807) is 23.6 Å². The van der Waals surface area contributed by atoms with E-state index in [1.807, 2.05) is 107 Å². The maximum atomic E-state index is 14.1. The molecule has 3 aromatic carbocycles. The molecule has 382 valence electrons. The Kier molecular flexibility index (Phi) is 18.1. The summed E-state index contributed by atoms with van der Waals surface area (Å²) in [5.74, 6) is 0.173. The normalized spacial score (nSPS) is 17.3. The lowest BCUT2D eigenvalue weighted by Crippen LogP contribution is -2.58. The minimum Gasteiger partial charge on any atom is -0.487 e. The highest BCUT2D eigenvalue weighted by atomic mass is 35.5. The van der Waals surface area contributed by atoms with Crippen LogP contribution in [-0.2, 0) is 35.9 Å². The molecular formula is C55H67ClN8O7S. The molecule has 2 saturated heterocycles. The molecule has 0 unspecified atom stereocenters. The second kappa shape index (κ2) is 24.2. The maximum absolute atomic E-state index is 14.1. The van der Waals surface area contributed by atoms with Crippen LogP contribution in [0.1, 0.15) is 108 Å². The molecule has 4 atom stereocenters. The number of ether oxygens (including phenoxy) is 3. The van der Waals surface area contributed by atoms with E-state index in [2.05, 4.69) is 44.2 Å². The van der Waals surface area contributed by atoms with Crippen molar-refractivity contribution in [1.82, 2.24) is 30.5 Å². The zero-order valence-electron chi connectivity index (χ0n) is 42.3. The Bertz CT molecular complexity index is 2680. The molecular weight excluding hydrogens is 952 g/mol. The SMILES string of the molecule is [C-]#[N+]c1cc(Cl)cc(C(C)(C)c2ccc(OCc3ccnc(N4CCC(OCCCCOCC(=O)N[C@H](C(=O)N5C[C@H](O)C[C@H]5C(=O)N[C@@H](C)c5ccc(-c6scnc6C)cc5)C(C)(C)C)CC4)n3)cc2)c1. The number of hydrogen-bond acceptors (Lipinski definition) is 12. The molecule has 2 aliphatic rings. The van der Waals surface area contributed by atoms with Gasteiger partial charge in [0.2, 0.25) is 23.7 Å². The van der Waals surface area contributed by atoms with Crippen molar-refractivity contribution >= 4 is 52.3 Å². The zero-order valence-corrected chi connectivity index (χ0v) is 43.9. The average Bonchev–Trinajstić information content (AvgIpc) is 3.99. The van der Waals surface area contributed by atoms with Gasteiger partial charge in [0.1, 0.15) is 31.0 Å². The lowest BCUT2D eigenvalue weighted by Gasteiger charge is -2.35. The number of piperidine rings is 1. The molecule has 2 fully saturated rings. The van der Waals surface area contributed by atoms with Crippen LogP contribution in [0.15, 0.2) is 84.5 Å². The molecule has 5 aromatic rings. The van der Waals surface area contributed by atoms with E-state index in [4.69, 9.17) is 37.4 Å². The minimum atomic E-state index is -0.948. The molecule has 15 nitrogen and oxygen atoms in total. The first-order chi connectivity index (χ1) is 34.4. The first kappa shape index (κ1) is 53.8. The summed E-state index contributed by atoms with van der Waals surface area (Å²) >= 11 is 7.89. The number of likely N-dealkylation sites (tertiary alicyclic amines) is 1. The Morgan fingerprint density at radius 3 is 2.35 bits per heavy atom. The van der Waals surface area contributed by atoms with Crippen molar-refractivity contribution < 1.29 is 33.7 Å². The summed E-state index contributed by atoms with van der Waals surface area (Å²) in [5, 5.41) is 17.1. The van der Waals surface area contributed by atoms with Gasteiger partial charge < -0.3 is 39.8 Å². The standard InChI is InChI=1S/C55H67ClN8O7S/c1-35(37-11-13-38(14-12-37)49-36(2)59-34-72-49)60-51(67)47-30-44(65)31-64(47)52(68)50(54(3,4)5)62-48(66)33-69-25-9-10-26-70-46-20-23-63(24-21-46)53-58-22-19-42(61-53)32-71-45-17-15-39(16-18-45)55(6,7)40-27-41(56)29-43(28-40)57-8/h11-19,22,27-29,34-35,44,46-47,50,65H,9-10,20-21,23-26,30-33H2,1-7H3,(H,60,67)(H,62,66)/t35-,44+,47-,50+/m0/s1. The number of nitrogens with zero attached hydrogens (tertiary/aromatic N) is 6. The van der Waals surface area contributed by atoms with Gasteiger partial charge in [0, 0.05) is 55.9 Å². The van der Waals surface area contributed by atoms with Crippen molar-refractivity contribution in [3.8, 4) is 16.2 Å². The van der Waals surface area contributed by atoms with Crippen LogP contribution in [0.4, 0.5) is 11.6 Å². The number of hydrogen-bond donors (Lipinski definition) is 3. The third-order valence-electron chi connectivity index (χ3n) is 13.5. The molecule has 2 aliphatic heterocycles. The smallest absolute Gasteiger partial charge is 0.246 e. The number of aliphatic hydroxyl groups is 1. The van der Waals surface area contributed by atoms with E-state index >= 15 is 0 Å². The molecule has 7 rings (SSSR count). The molecule has 0 bridgehead atoms. The van der Waals surface area contributed by atoms with Crippen LogP contribution in [0, 0.1) is 18.9 Å². The molecule has 0 aliphatic carbocycles. The Labute approximate surface area is 432 Å². The van der Waals surface area contributed by atoms with Crippen LogP contribution in [0.2, 0.25) is 5.02 Å². The number of amides is 3. The number of anilines is 1.